The maximum absolute atomic E-state index is 14.4. The highest BCUT2D eigenvalue weighted by Crippen LogP contribution is 2.28. The quantitative estimate of drug-likeness (QED) is 0.150. The molecular weight excluding hydrogens is 571 g/mol. The Bertz CT molecular complexity index is 1800. The third-order valence-electron chi connectivity index (χ3n) is 6.62. The second kappa shape index (κ2) is 13.6. The van der Waals surface area contributed by atoms with E-state index in [0.29, 0.717) is 16.9 Å². The molecule has 8 nitrogen and oxygen atoms in total. The Morgan fingerprint density at radius 1 is 0.977 bits per heavy atom. The Morgan fingerprint density at radius 3 is 2.53 bits per heavy atom. The van der Waals surface area contributed by atoms with Crippen LogP contribution >= 0.6 is 11.6 Å². The molecule has 0 radical (unpaired) electrons. The second-order valence-electron chi connectivity index (χ2n) is 9.55. The molecule has 0 bridgehead atoms. The lowest BCUT2D eigenvalue weighted by Gasteiger charge is -2.23. The highest BCUT2D eigenvalue weighted by molar-refractivity contribution is 6.32. The Labute approximate surface area is 252 Å². The summed E-state index contributed by atoms with van der Waals surface area (Å²) in [6, 6.07) is 25.0. The Kier molecular flexibility index (Phi) is 9.23. The zero-order valence-electron chi connectivity index (χ0n) is 22.8. The number of hydrogen-bond acceptors (Lipinski definition) is 6. The number of nitrogens with zero attached hydrogens (tertiary/aromatic N) is 3. The monoisotopic (exact) mass is 596 g/mol. The molecular formula is C33H26ClFN4O4. The number of aromatic nitrogens is 1. The van der Waals surface area contributed by atoms with Gasteiger partial charge in [0, 0.05) is 47.6 Å². The van der Waals surface area contributed by atoms with E-state index in [-0.39, 0.29) is 41.9 Å². The van der Waals surface area contributed by atoms with Crippen LogP contribution in [-0.4, -0.2) is 39.6 Å². The molecule has 2 amide bonds. The van der Waals surface area contributed by atoms with Gasteiger partial charge in [0.15, 0.2) is 6.61 Å². The summed E-state index contributed by atoms with van der Waals surface area (Å²) in [5.41, 5.74) is 4.60. The molecule has 0 unspecified atom stereocenters. The van der Waals surface area contributed by atoms with E-state index in [2.05, 4.69) is 15.5 Å². The first-order valence-electron chi connectivity index (χ1n) is 13.3. The van der Waals surface area contributed by atoms with Crippen LogP contribution in [0.4, 0.5) is 4.39 Å². The Morgan fingerprint density at radius 2 is 1.77 bits per heavy atom. The van der Waals surface area contributed by atoms with Crippen molar-refractivity contribution < 1.29 is 23.8 Å². The number of halogens is 2. The average Bonchev–Trinajstić information content (AvgIpc) is 3.02. The van der Waals surface area contributed by atoms with Gasteiger partial charge in [0.25, 0.3) is 11.8 Å². The van der Waals surface area contributed by atoms with Gasteiger partial charge in [0.05, 0.1) is 11.2 Å². The summed E-state index contributed by atoms with van der Waals surface area (Å²) >= 11 is 5.89. The lowest BCUT2D eigenvalue weighted by atomic mass is 10.0. The molecule has 0 fully saturated rings. The van der Waals surface area contributed by atoms with Crippen molar-refractivity contribution in [3.05, 3.63) is 136 Å². The maximum atomic E-state index is 14.4. The van der Waals surface area contributed by atoms with Crippen LogP contribution in [0.3, 0.4) is 0 Å². The number of amides is 2. The van der Waals surface area contributed by atoms with E-state index in [9.17, 15) is 19.1 Å². The van der Waals surface area contributed by atoms with Crippen LogP contribution in [0.15, 0.2) is 108 Å². The normalized spacial score (nSPS) is 11.0. The molecule has 0 saturated heterocycles. The fourth-order valence-corrected chi connectivity index (χ4v) is 4.59. The van der Waals surface area contributed by atoms with Crippen molar-refractivity contribution in [1.29, 1.82) is 0 Å². The van der Waals surface area contributed by atoms with Gasteiger partial charge in [-0.3, -0.25) is 14.6 Å². The van der Waals surface area contributed by atoms with Crippen molar-refractivity contribution >= 4 is 40.4 Å². The number of pyridine rings is 1. The largest absolute Gasteiger partial charge is 0.506 e. The third-order valence-corrected chi connectivity index (χ3v) is 6.92. The maximum Gasteiger partial charge on any atom is 0.271 e. The SMILES string of the molecule is O=C(N/N=C/c1ccc(OCC(=O)N(Cc2cccnc2)Cc2ccccc2F)c2ccccc12)c1ccc(O)c(Cl)c1. The number of aromatic hydroxyl groups is 1. The minimum atomic E-state index is -0.493. The van der Waals surface area contributed by atoms with Gasteiger partial charge in [-0.05, 0) is 53.4 Å². The molecule has 0 aliphatic heterocycles. The molecule has 0 aliphatic rings. The number of carbonyl (C=O) groups is 2. The van der Waals surface area contributed by atoms with Gasteiger partial charge >= 0.3 is 0 Å². The number of fused-ring (bicyclic) bond motifs is 1. The van der Waals surface area contributed by atoms with E-state index in [1.54, 1.807) is 48.8 Å². The Hall–Kier alpha value is -5.28. The van der Waals surface area contributed by atoms with Crippen LogP contribution < -0.4 is 10.2 Å². The summed E-state index contributed by atoms with van der Waals surface area (Å²) in [5, 5.41) is 15.2. The van der Waals surface area contributed by atoms with Crippen LogP contribution in [0.25, 0.3) is 10.8 Å². The van der Waals surface area contributed by atoms with Gasteiger partial charge < -0.3 is 14.7 Å². The number of benzene rings is 4. The number of hydrogen-bond donors (Lipinski definition) is 2. The van der Waals surface area contributed by atoms with Crippen molar-refractivity contribution in [2.75, 3.05) is 6.61 Å². The van der Waals surface area contributed by atoms with Crippen LogP contribution in [0.5, 0.6) is 11.5 Å². The summed E-state index contributed by atoms with van der Waals surface area (Å²) in [4.78, 5) is 31.4. The molecule has 0 atom stereocenters. The standard InChI is InChI=1S/C33H26ClFN4O4/c34-28-16-23(11-13-30(28)40)33(42)38-37-18-24-12-14-31(27-9-3-2-8-26(24)27)43-21-32(41)39(19-22-6-5-15-36-17-22)20-25-7-1-4-10-29(25)35/h1-18,40H,19-21H2,(H,38,42)/b37-18+. The summed E-state index contributed by atoms with van der Waals surface area (Å²) in [6.07, 6.45) is 4.81. The van der Waals surface area contributed by atoms with Crippen LogP contribution in [0.2, 0.25) is 5.02 Å². The predicted octanol–water partition coefficient (Wildman–Crippen LogP) is 6.10. The smallest absolute Gasteiger partial charge is 0.271 e. The predicted molar refractivity (Wildman–Crippen MR) is 163 cm³/mol. The molecule has 0 aliphatic carbocycles. The first kappa shape index (κ1) is 29.2. The highest BCUT2D eigenvalue weighted by atomic mass is 35.5. The molecule has 216 valence electrons. The van der Waals surface area contributed by atoms with Gasteiger partial charge in [-0.15, -0.1) is 0 Å². The minimum Gasteiger partial charge on any atom is -0.506 e. The molecule has 1 aromatic heterocycles. The first-order valence-corrected chi connectivity index (χ1v) is 13.6. The molecule has 10 heteroatoms. The summed E-state index contributed by atoms with van der Waals surface area (Å²) < 4.78 is 20.4. The molecule has 4 aromatic carbocycles. The van der Waals surface area contributed by atoms with Crippen LogP contribution in [-0.2, 0) is 17.9 Å². The fourth-order valence-electron chi connectivity index (χ4n) is 4.41. The number of ether oxygens (including phenoxy) is 1. The van der Waals surface area contributed by atoms with E-state index in [1.165, 1.54) is 35.4 Å². The van der Waals surface area contributed by atoms with Crippen molar-refractivity contribution in [3.63, 3.8) is 0 Å². The highest BCUT2D eigenvalue weighted by Gasteiger charge is 2.18. The average molecular weight is 597 g/mol. The van der Waals surface area contributed by atoms with Crippen molar-refractivity contribution in [2.45, 2.75) is 13.1 Å². The fraction of sp³-hybridized carbons (Fsp3) is 0.0909. The minimum absolute atomic E-state index is 0.0594. The topological polar surface area (TPSA) is 104 Å². The summed E-state index contributed by atoms with van der Waals surface area (Å²) in [7, 11) is 0. The van der Waals surface area contributed by atoms with Gasteiger partial charge in [-0.2, -0.15) is 5.10 Å². The number of nitrogens with one attached hydrogen (secondary N) is 1. The van der Waals surface area contributed by atoms with E-state index in [1.807, 2.05) is 30.3 Å². The molecule has 43 heavy (non-hydrogen) atoms. The van der Waals surface area contributed by atoms with Gasteiger partial charge in [-0.1, -0.05) is 60.1 Å². The number of phenols is 1. The van der Waals surface area contributed by atoms with Gasteiger partial charge in [0.2, 0.25) is 0 Å². The van der Waals surface area contributed by atoms with Crippen LogP contribution in [0, 0.1) is 5.82 Å². The molecule has 2 N–H and O–H groups in total. The molecule has 0 spiro atoms. The number of rotatable bonds is 10. The molecule has 5 aromatic rings. The van der Waals surface area contributed by atoms with Crippen LogP contribution in [0.1, 0.15) is 27.0 Å². The van der Waals surface area contributed by atoms with E-state index >= 15 is 0 Å². The van der Waals surface area contributed by atoms with Crippen molar-refractivity contribution in [2.24, 2.45) is 5.10 Å². The Balaban J connectivity index is 1.30. The number of carbonyl (C=O) groups excluding carboxylic acids is 2. The number of phenolic OH excluding ortho intramolecular Hbond substituents is 1. The summed E-state index contributed by atoms with van der Waals surface area (Å²) in [5.74, 6) is -0.843. The lowest BCUT2D eigenvalue weighted by molar-refractivity contribution is -0.134. The third kappa shape index (κ3) is 7.33. The van der Waals surface area contributed by atoms with Crippen molar-refractivity contribution in [3.8, 4) is 11.5 Å². The summed E-state index contributed by atoms with van der Waals surface area (Å²) in [6.45, 7) is 0.0436. The second-order valence-corrected chi connectivity index (χ2v) is 9.96. The first-order chi connectivity index (χ1) is 20.9. The molecule has 5 rings (SSSR count). The van der Waals surface area contributed by atoms with E-state index < -0.39 is 11.7 Å². The zero-order valence-corrected chi connectivity index (χ0v) is 23.5. The number of hydrazone groups is 1. The molecule has 0 saturated carbocycles. The van der Waals surface area contributed by atoms with E-state index in [0.717, 1.165) is 16.3 Å². The molecule has 1 heterocycles. The van der Waals surface area contributed by atoms with Gasteiger partial charge in [0.1, 0.15) is 17.3 Å². The van der Waals surface area contributed by atoms with Gasteiger partial charge in [-0.25, -0.2) is 9.82 Å². The zero-order chi connectivity index (χ0) is 30.2. The van der Waals surface area contributed by atoms with E-state index in [4.69, 9.17) is 16.3 Å². The lowest BCUT2D eigenvalue weighted by Crippen LogP contribution is -2.34. The van der Waals surface area contributed by atoms with Crippen molar-refractivity contribution in [1.82, 2.24) is 15.3 Å².